The lowest BCUT2D eigenvalue weighted by atomic mass is 10.0. The van der Waals surface area contributed by atoms with Crippen LogP contribution in [0.5, 0.6) is 0 Å². The molecule has 0 saturated carbocycles. The van der Waals surface area contributed by atoms with Crippen LogP contribution in [0.1, 0.15) is 174 Å². The molecule has 0 aliphatic rings. The van der Waals surface area contributed by atoms with E-state index < -0.39 is 32.5 Å². The largest absolute Gasteiger partial charge is 0.469 e. The Kier molecular flexibility index (Phi) is 28.5. The number of carbonyl (C=O) groups is 2. The van der Waals surface area contributed by atoms with Crippen molar-refractivity contribution in [2.24, 2.45) is 0 Å². The second-order valence-corrected chi connectivity index (χ2v) is 12.7. The number of phosphoric acid groups is 1. The Balaban J connectivity index is 3.91. The lowest BCUT2D eigenvalue weighted by Gasteiger charge is -2.18. The number of phosphoric ester groups is 1. The minimum atomic E-state index is -4.73. The number of carbonyl (C=O) groups excluding carboxylic acids is 2. The van der Waals surface area contributed by atoms with Crippen LogP contribution in [0.2, 0.25) is 0 Å². The topological polar surface area (TPSA) is 119 Å². The van der Waals surface area contributed by atoms with Crippen molar-refractivity contribution in [1.82, 2.24) is 0 Å². The van der Waals surface area contributed by atoms with Gasteiger partial charge in [0.25, 0.3) is 0 Å². The highest BCUT2D eigenvalue weighted by atomic mass is 31.2. The molecule has 41 heavy (non-hydrogen) atoms. The number of rotatable bonds is 31. The third-order valence-electron chi connectivity index (χ3n) is 7.38. The summed E-state index contributed by atoms with van der Waals surface area (Å²) in [6, 6.07) is 0. The minimum absolute atomic E-state index is 0.219. The predicted octanol–water partition coefficient (Wildman–Crippen LogP) is 9.34. The molecule has 0 aromatic rings. The van der Waals surface area contributed by atoms with Gasteiger partial charge in [0.05, 0.1) is 6.61 Å². The summed E-state index contributed by atoms with van der Waals surface area (Å²) in [5, 5.41) is 0. The van der Waals surface area contributed by atoms with Crippen LogP contribution in [0, 0.1) is 0 Å². The molecule has 0 unspecified atom stereocenters. The summed E-state index contributed by atoms with van der Waals surface area (Å²) >= 11 is 0. The molecule has 8 nitrogen and oxygen atoms in total. The summed E-state index contributed by atoms with van der Waals surface area (Å²) < 4.78 is 26.1. The fraction of sp³-hybridized carbons (Fsp3) is 0.938. The molecule has 244 valence electrons. The van der Waals surface area contributed by atoms with Gasteiger partial charge in [-0.15, -0.1) is 0 Å². The average molecular weight is 607 g/mol. The van der Waals surface area contributed by atoms with E-state index in [4.69, 9.17) is 19.3 Å². The van der Waals surface area contributed by atoms with Crippen molar-refractivity contribution in [3.05, 3.63) is 0 Å². The maximum absolute atomic E-state index is 12.3. The third kappa shape index (κ3) is 31.8. The number of ether oxygens (including phenoxy) is 2. The molecule has 0 rings (SSSR count). The fourth-order valence-electron chi connectivity index (χ4n) is 4.84. The lowest BCUT2D eigenvalue weighted by Crippen LogP contribution is -2.29. The van der Waals surface area contributed by atoms with Gasteiger partial charge in [0.15, 0.2) is 6.10 Å². The highest BCUT2D eigenvalue weighted by molar-refractivity contribution is 7.46. The summed E-state index contributed by atoms with van der Waals surface area (Å²) in [6.45, 7) is 3.62. The average Bonchev–Trinajstić information content (AvgIpc) is 2.93. The van der Waals surface area contributed by atoms with Crippen molar-refractivity contribution >= 4 is 19.8 Å². The molecule has 0 spiro atoms. The molecule has 0 aromatic carbocycles. The quantitative estimate of drug-likeness (QED) is 0.0455. The maximum Gasteiger partial charge on any atom is 0.469 e. The van der Waals surface area contributed by atoms with Crippen molar-refractivity contribution in [3.8, 4) is 0 Å². The van der Waals surface area contributed by atoms with Gasteiger partial charge in [-0.3, -0.25) is 14.1 Å². The van der Waals surface area contributed by atoms with Gasteiger partial charge in [0.2, 0.25) is 0 Å². The summed E-state index contributed by atoms with van der Waals surface area (Å²) in [6.07, 6.45) is 27.0. The van der Waals surface area contributed by atoms with Crippen molar-refractivity contribution < 1.29 is 37.9 Å². The summed E-state index contributed by atoms with van der Waals surface area (Å²) in [5.74, 6) is -0.883. The maximum atomic E-state index is 12.3. The van der Waals surface area contributed by atoms with Crippen LogP contribution in [0.25, 0.3) is 0 Å². The molecular formula is C32H63O8P. The molecular weight excluding hydrogens is 543 g/mol. The Morgan fingerprint density at radius 1 is 0.537 bits per heavy atom. The molecule has 0 aliphatic carbocycles. The molecule has 2 N–H and O–H groups in total. The SMILES string of the molecule is CCCCCCCCCCCCCCCCCCC(=O)O[C@H](COC(=O)CCCCCCCCC)COP(=O)(O)O. The van der Waals surface area contributed by atoms with E-state index in [-0.39, 0.29) is 19.4 Å². The van der Waals surface area contributed by atoms with Gasteiger partial charge >= 0.3 is 19.8 Å². The normalized spacial score (nSPS) is 12.4. The Hall–Kier alpha value is -0.950. The van der Waals surface area contributed by atoms with Crippen LogP contribution in [0.3, 0.4) is 0 Å². The zero-order valence-corrected chi connectivity index (χ0v) is 27.4. The highest BCUT2D eigenvalue weighted by Crippen LogP contribution is 2.36. The van der Waals surface area contributed by atoms with E-state index in [9.17, 15) is 14.2 Å². The number of hydrogen-bond donors (Lipinski definition) is 2. The van der Waals surface area contributed by atoms with Crippen molar-refractivity contribution in [1.29, 1.82) is 0 Å². The zero-order valence-electron chi connectivity index (χ0n) is 26.5. The molecule has 0 bridgehead atoms. The molecule has 9 heteroatoms. The summed E-state index contributed by atoms with van der Waals surface area (Å²) in [7, 11) is -4.73. The fourth-order valence-corrected chi connectivity index (χ4v) is 5.20. The van der Waals surface area contributed by atoms with E-state index >= 15 is 0 Å². The van der Waals surface area contributed by atoms with Crippen molar-refractivity contribution in [3.63, 3.8) is 0 Å². The molecule has 0 aliphatic heterocycles. The molecule has 0 amide bonds. The molecule has 0 saturated heterocycles. The van der Waals surface area contributed by atoms with Crippen LogP contribution in [-0.4, -0.2) is 41.0 Å². The summed E-state index contributed by atoms with van der Waals surface area (Å²) in [4.78, 5) is 42.3. The second-order valence-electron chi connectivity index (χ2n) is 11.5. The van der Waals surface area contributed by atoms with E-state index in [1.165, 1.54) is 109 Å². The van der Waals surface area contributed by atoms with Crippen LogP contribution >= 0.6 is 7.82 Å². The number of esters is 2. The van der Waals surface area contributed by atoms with Crippen LogP contribution in [0.4, 0.5) is 0 Å². The standard InChI is InChI=1S/C32H63O8P/c1-3-5-7-9-11-12-13-14-15-16-17-18-19-21-23-25-27-32(34)40-30(29-39-41(35,36)37)28-38-31(33)26-24-22-20-10-8-6-4-2/h30H,3-29H2,1-2H3,(H2,35,36,37)/t30-/m1/s1. The van der Waals surface area contributed by atoms with Crippen LogP contribution < -0.4 is 0 Å². The molecule has 0 aromatic heterocycles. The van der Waals surface area contributed by atoms with Gasteiger partial charge in [-0.25, -0.2) is 4.57 Å². The van der Waals surface area contributed by atoms with Crippen LogP contribution in [-0.2, 0) is 28.2 Å². The van der Waals surface area contributed by atoms with Gasteiger partial charge < -0.3 is 19.3 Å². The number of unbranched alkanes of at least 4 members (excludes halogenated alkanes) is 21. The third-order valence-corrected chi connectivity index (χ3v) is 7.86. The van der Waals surface area contributed by atoms with E-state index in [0.717, 1.165) is 32.1 Å². The van der Waals surface area contributed by atoms with E-state index in [2.05, 4.69) is 18.4 Å². The van der Waals surface area contributed by atoms with Crippen molar-refractivity contribution in [2.75, 3.05) is 13.2 Å². The Morgan fingerprint density at radius 3 is 1.24 bits per heavy atom. The van der Waals surface area contributed by atoms with Crippen LogP contribution in [0.15, 0.2) is 0 Å². The first kappa shape index (κ1) is 40.1. The van der Waals surface area contributed by atoms with Crippen molar-refractivity contribution in [2.45, 2.75) is 180 Å². The Bertz CT molecular complexity index is 652. The smallest absolute Gasteiger partial charge is 0.462 e. The molecule has 0 fully saturated rings. The van der Waals surface area contributed by atoms with E-state index in [0.29, 0.717) is 6.42 Å². The minimum Gasteiger partial charge on any atom is -0.462 e. The second kappa shape index (κ2) is 29.1. The first-order valence-corrected chi connectivity index (χ1v) is 18.4. The summed E-state index contributed by atoms with van der Waals surface area (Å²) in [5.41, 5.74) is 0. The highest BCUT2D eigenvalue weighted by Gasteiger charge is 2.22. The first-order valence-electron chi connectivity index (χ1n) is 16.8. The van der Waals surface area contributed by atoms with E-state index in [1.807, 2.05) is 0 Å². The van der Waals surface area contributed by atoms with Gasteiger partial charge in [-0.05, 0) is 12.8 Å². The molecule has 0 heterocycles. The van der Waals surface area contributed by atoms with Gasteiger partial charge in [-0.2, -0.15) is 0 Å². The Morgan fingerprint density at radius 2 is 0.878 bits per heavy atom. The molecule has 0 radical (unpaired) electrons. The van der Waals surface area contributed by atoms with Gasteiger partial charge in [0, 0.05) is 12.8 Å². The predicted molar refractivity (Wildman–Crippen MR) is 166 cm³/mol. The lowest BCUT2D eigenvalue weighted by molar-refractivity contribution is -0.161. The first-order chi connectivity index (χ1) is 19.8. The molecule has 1 atom stereocenters. The van der Waals surface area contributed by atoms with E-state index in [1.54, 1.807) is 0 Å². The monoisotopic (exact) mass is 606 g/mol. The number of hydrogen-bond acceptors (Lipinski definition) is 6. The zero-order chi connectivity index (χ0) is 30.4. The van der Waals surface area contributed by atoms with Gasteiger partial charge in [-0.1, -0.05) is 149 Å². The Labute approximate surface area is 251 Å². The van der Waals surface area contributed by atoms with Gasteiger partial charge in [0.1, 0.15) is 6.61 Å².